The van der Waals surface area contributed by atoms with Crippen molar-refractivity contribution in [3.05, 3.63) is 0 Å². The van der Waals surface area contributed by atoms with Crippen LogP contribution in [0, 0.1) is 0 Å². The lowest BCUT2D eigenvalue weighted by Crippen LogP contribution is -2.30. The zero-order valence-corrected chi connectivity index (χ0v) is 7.37. The minimum Gasteiger partial charge on any atom is -0.337 e. The molecule has 0 N–H and O–H groups in total. The van der Waals surface area contributed by atoms with Crippen LogP contribution in [0.1, 0.15) is 20.8 Å². The molecule has 12 heavy (non-hydrogen) atoms. The number of hydrogen-bond donors (Lipinski definition) is 0. The summed E-state index contributed by atoms with van der Waals surface area (Å²) in [4.78, 5) is 21.4. The van der Waals surface area contributed by atoms with Crippen LogP contribution >= 0.6 is 0 Å². The third-order valence-corrected chi connectivity index (χ3v) is 1.66. The molecular weight excluding hydrogens is 160 g/mol. The molecule has 0 radical (unpaired) electrons. The van der Waals surface area contributed by atoms with Gasteiger partial charge in [0.2, 0.25) is 0 Å². The first-order valence-corrected chi connectivity index (χ1v) is 3.77. The topological polar surface area (TPSA) is 52.6 Å². The minimum atomic E-state index is -0.831. The lowest BCUT2D eigenvalue weighted by atomic mass is 10.1. The van der Waals surface area contributed by atoms with Crippen LogP contribution in [-0.4, -0.2) is 30.1 Å². The quantitative estimate of drug-likeness (QED) is 0.562. The monoisotopic (exact) mass is 172 g/mol. The van der Waals surface area contributed by atoms with Crippen molar-refractivity contribution in [1.29, 1.82) is 0 Å². The Morgan fingerprint density at radius 2 is 2.00 bits per heavy atom. The maximum absolute atomic E-state index is 10.9. The van der Waals surface area contributed by atoms with Crippen LogP contribution in [0.2, 0.25) is 0 Å². The van der Waals surface area contributed by atoms with E-state index in [1.165, 1.54) is 6.92 Å². The second-order valence-electron chi connectivity index (χ2n) is 3.27. The average molecular weight is 172 g/mol. The maximum Gasteiger partial charge on any atom is 0.164 e. The molecule has 0 saturated carbocycles. The third-order valence-electron chi connectivity index (χ3n) is 1.66. The maximum atomic E-state index is 10.9. The molecule has 1 aliphatic heterocycles. The molecule has 1 saturated heterocycles. The van der Waals surface area contributed by atoms with Gasteiger partial charge in [-0.05, 0) is 20.8 Å². The van der Waals surface area contributed by atoms with Gasteiger partial charge in [-0.3, -0.25) is 4.79 Å². The number of rotatable bonds is 2. The van der Waals surface area contributed by atoms with Crippen molar-refractivity contribution in [2.45, 2.75) is 38.8 Å². The molecule has 68 valence electrons. The van der Waals surface area contributed by atoms with Crippen molar-refractivity contribution in [2.75, 3.05) is 0 Å². The van der Waals surface area contributed by atoms with Crippen molar-refractivity contribution in [3.63, 3.8) is 0 Å². The van der Waals surface area contributed by atoms with Crippen LogP contribution in [0.25, 0.3) is 0 Å². The van der Waals surface area contributed by atoms with Crippen molar-refractivity contribution < 1.29 is 19.1 Å². The van der Waals surface area contributed by atoms with Gasteiger partial charge in [-0.25, -0.2) is 0 Å². The number of ketones is 1. The van der Waals surface area contributed by atoms with Crippen LogP contribution in [0.4, 0.5) is 0 Å². The van der Waals surface area contributed by atoms with Gasteiger partial charge in [0.05, 0.1) is 0 Å². The molecule has 4 heteroatoms. The Morgan fingerprint density at radius 1 is 1.42 bits per heavy atom. The molecular formula is C8H12O4. The van der Waals surface area contributed by atoms with Crippen LogP contribution in [0.15, 0.2) is 0 Å². The summed E-state index contributed by atoms with van der Waals surface area (Å²) in [5, 5.41) is 0. The molecule has 0 bridgehead atoms. The van der Waals surface area contributed by atoms with E-state index in [0.29, 0.717) is 6.29 Å². The van der Waals surface area contributed by atoms with E-state index in [1.54, 1.807) is 13.8 Å². The molecule has 1 rings (SSSR count). The van der Waals surface area contributed by atoms with E-state index >= 15 is 0 Å². The van der Waals surface area contributed by atoms with E-state index in [2.05, 4.69) is 0 Å². The van der Waals surface area contributed by atoms with E-state index in [0.717, 1.165) is 0 Å². The van der Waals surface area contributed by atoms with Gasteiger partial charge < -0.3 is 14.3 Å². The molecule has 0 aromatic carbocycles. The third kappa shape index (κ3) is 1.70. The number of carbonyl (C=O) groups excluding carboxylic acids is 2. The molecule has 0 aromatic rings. The van der Waals surface area contributed by atoms with Crippen molar-refractivity contribution in [3.8, 4) is 0 Å². The first-order valence-electron chi connectivity index (χ1n) is 3.77. The largest absolute Gasteiger partial charge is 0.337 e. The normalized spacial score (nSPS) is 33.2. The Morgan fingerprint density at radius 3 is 2.33 bits per heavy atom. The van der Waals surface area contributed by atoms with Gasteiger partial charge >= 0.3 is 0 Å². The molecule has 2 atom stereocenters. The summed E-state index contributed by atoms with van der Waals surface area (Å²) in [7, 11) is 0. The SMILES string of the molecule is CC(=O)C1OC(C)(C)OC1C=O. The number of carbonyl (C=O) groups is 2. The summed E-state index contributed by atoms with van der Waals surface area (Å²) in [5.41, 5.74) is 0. The van der Waals surface area contributed by atoms with Crippen molar-refractivity contribution >= 4 is 12.1 Å². The van der Waals surface area contributed by atoms with Gasteiger partial charge in [0.25, 0.3) is 0 Å². The highest BCUT2D eigenvalue weighted by Crippen LogP contribution is 2.27. The van der Waals surface area contributed by atoms with E-state index in [9.17, 15) is 9.59 Å². The van der Waals surface area contributed by atoms with Gasteiger partial charge in [0.1, 0.15) is 6.10 Å². The standard InChI is InChI=1S/C8H12O4/c1-5(10)7-6(4-9)11-8(2,3)12-7/h4,6-7H,1-3H3. The average Bonchev–Trinajstić information content (AvgIpc) is 2.25. The fourth-order valence-corrected chi connectivity index (χ4v) is 1.20. The van der Waals surface area contributed by atoms with E-state index in [-0.39, 0.29) is 5.78 Å². The minimum absolute atomic E-state index is 0.183. The Balaban J connectivity index is 2.76. The molecule has 0 aliphatic carbocycles. The number of hydrogen-bond acceptors (Lipinski definition) is 4. The molecule has 4 nitrogen and oxygen atoms in total. The Bertz CT molecular complexity index is 209. The van der Waals surface area contributed by atoms with Crippen LogP contribution in [-0.2, 0) is 19.1 Å². The van der Waals surface area contributed by atoms with E-state index in [4.69, 9.17) is 9.47 Å². The van der Waals surface area contributed by atoms with E-state index in [1.807, 2.05) is 0 Å². The van der Waals surface area contributed by atoms with Crippen LogP contribution in [0.3, 0.4) is 0 Å². The van der Waals surface area contributed by atoms with Gasteiger partial charge in [0.15, 0.2) is 24.0 Å². The van der Waals surface area contributed by atoms with Gasteiger partial charge in [-0.1, -0.05) is 0 Å². The highest BCUT2D eigenvalue weighted by molar-refractivity contribution is 5.85. The van der Waals surface area contributed by atoms with Gasteiger partial charge in [-0.15, -0.1) is 0 Å². The summed E-state index contributed by atoms with van der Waals surface area (Å²) in [5.74, 6) is -1.01. The summed E-state index contributed by atoms with van der Waals surface area (Å²) in [6.45, 7) is 4.73. The van der Waals surface area contributed by atoms with Crippen molar-refractivity contribution in [2.24, 2.45) is 0 Å². The number of ether oxygens (including phenoxy) is 2. The zero-order valence-electron chi connectivity index (χ0n) is 7.37. The molecule has 0 amide bonds. The second-order valence-corrected chi connectivity index (χ2v) is 3.27. The molecule has 0 aromatic heterocycles. The highest BCUT2D eigenvalue weighted by Gasteiger charge is 2.43. The molecule has 1 heterocycles. The smallest absolute Gasteiger partial charge is 0.164 e. The first kappa shape index (κ1) is 9.35. The number of aldehydes is 1. The first-order chi connectivity index (χ1) is 5.46. The Labute approximate surface area is 70.8 Å². The molecule has 2 unspecified atom stereocenters. The summed E-state index contributed by atoms with van der Waals surface area (Å²) in [6, 6.07) is 0. The van der Waals surface area contributed by atoms with Crippen molar-refractivity contribution in [1.82, 2.24) is 0 Å². The fraction of sp³-hybridized carbons (Fsp3) is 0.750. The van der Waals surface area contributed by atoms with Crippen LogP contribution in [0.5, 0.6) is 0 Å². The summed E-state index contributed by atoms with van der Waals surface area (Å²) < 4.78 is 10.4. The number of Topliss-reactive ketones (excluding diaryl/α,β-unsaturated/α-hetero) is 1. The van der Waals surface area contributed by atoms with Gasteiger partial charge in [0, 0.05) is 0 Å². The van der Waals surface area contributed by atoms with Gasteiger partial charge in [-0.2, -0.15) is 0 Å². The summed E-state index contributed by atoms with van der Waals surface area (Å²) >= 11 is 0. The molecule has 1 fully saturated rings. The molecule has 0 spiro atoms. The zero-order chi connectivity index (χ0) is 9.35. The predicted octanol–water partition coefficient (Wildman–Crippen LogP) is 0.294. The highest BCUT2D eigenvalue weighted by atomic mass is 16.8. The Kier molecular flexibility index (Phi) is 2.30. The summed E-state index contributed by atoms with van der Waals surface area (Å²) in [6.07, 6.45) is -0.893. The fourth-order valence-electron chi connectivity index (χ4n) is 1.20. The van der Waals surface area contributed by atoms with Crippen LogP contribution < -0.4 is 0 Å². The lowest BCUT2D eigenvalue weighted by Gasteiger charge is -2.15. The second kappa shape index (κ2) is 2.95. The lowest BCUT2D eigenvalue weighted by molar-refractivity contribution is -0.155. The predicted molar refractivity (Wildman–Crippen MR) is 40.6 cm³/mol. The Hall–Kier alpha value is -0.740. The molecule has 1 aliphatic rings. The van der Waals surface area contributed by atoms with E-state index < -0.39 is 18.0 Å².